The van der Waals surface area contributed by atoms with Crippen molar-refractivity contribution in [3.05, 3.63) is 35.4 Å². The Bertz CT molecular complexity index is 1030. The van der Waals surface area contributed by atoms with Gasteiger partial charge in [-0.05, 0) is 74.4 Å². The molecule has 4 amide bonds. The summed E-state index contributed by atoms with van der Waals surface area (Å²) in [6.45, 7) is 17.4. The Morgan fingerprint density at radius 3 is 1.58 bits per heavy atom. The van der Waals surface area contributed by atoms with Crippen LogP contribution in [0, 0.1) is 0 Å². The van der Waals surface area contributed by atoms with E-state index in [9.17, 15) is 19.2 Å². The van der Waals surface area contributed by atoms with Crippen LogP contribution in [0.25, 0.3) is 0 Å². The fourth-order valence-electron chi connectivity index (χ4n) is 3.29. The zero-order valence-electron chi connectivity index (χ0n) is 23.8. The van der Waals surface area contributed by atoms with E-state index >= 15 is 0 Å². The highest BCUT2D eigenvalue weighted by molar-refractivity contribution is 6.18. The molecule has 0 aliphatic carbocycles. The molecule has 0 aromatic heterocycles. The predicted molar refractivity (Wildman–Crippen MR) is 142 cm³/mol. The molecule has 1 fully saturated rings. The largest absolute Gasteiger partial charge is 0.443 e. The van der Waals surface area contributed by atoms with Crippen molar-refractivity contribution < 1.29 is 33.4 Å². The first-order chi connectivity index (χ1) is 17.4. The molecule has 1 N–H and O–H groups in total. The van der Waals surface area contributed by atoms with E-state index in [2.05, 4.69) is 10.3 Å². The molecule has 1 heterocycles. The second kappa shape index (κ2) is 11.9. The number of aliphatic imine (C=N–C) groups is 1. The Morgan fingerprint density at radius 1 is 0.737 bits per heavy atom. The van der Waals surface area contributed by atoms with Crippen molar-refractivity contribution in [2.24, 2.45) is 4.99 Å². The van der Waals surface area contributed by atoms with Gasteiger partial charge in [0.25, 0.3) is 5.91 Å². The number of rotatable bonds is 2. The van der Waals surface area contributed by atoms with Crippen molar-refractivity contribution in [2.45, 2.75) is 79.1 Å². The molecule has 1 aromatic carbocycles. The van der Waals surface area contributed by atoms with Gasteiger partial charge >= 0.3 is 18.3 Å². The van der Waals surface area contributed by atoms with Crippen LogP contribution < -0.4 is 5.32 Å². The molecule has 0 atom stereocenters. The maximum Gasteiger partial charge on any atom is 0.436 e. The Kier molecular flexibility index (Phi) is 9.66. The number of hydrogen-bond acceptors (Lipinski definition) is 8. The van der Waals surface area contributed by atoms with Crippen molar-refractivity contribution in [3.63, 3.8) is 0 Å². The van der Waals surface area contributed by atoms with Gasteiger partial charge in [0.2, 0.25) is 0 Å². The smallest absolute Gasteiger partial charge is 0.436 e. The van der Waals surface area contributed by atoms with Gasteiger partial charge in [0.15, 0.2) is 5.84 Å². The zero-order valence-corrected chi connectivity index (χ0v) is 23.8. The molecule has 1 aromatic rings. The van der Waals surface area contributed by atoms with E-state index in [0.29, 0.717) is 36.6 Å². The SMILES string of the molecule is CC(C)(C)OC(=O)/N=C(\c1ccc(C(=O)N2CCNCC2)cc1)N(C(=O)OC(C)(C)C)C(=O)OC(C)(C)C. The first kappa shape index (κ1) is 30.8. The zero-order chi connectivity index (χ0) is 28.9. The highest BCUT2D eigenvalue weighted by Gasteiger charge is 2.36. The lowest BCUT2D eigenvalue weighted by Gasteiger charge is -2.29. The summed E-state index contributed by atoms with van der Waals surface area (Å²) < 4.78 is 16.2. The number of piperazine rings is 1. The molecule has 1 aliphatic heterocycles. The summed E-state index contributed by atoms with van der Waals surface area (Å²) >= 11 is 0. The molecule has 210 valence electrons. The van der Waals surface area contributed by atoms with E-state index in [1.807, 2.05) is 0 Å². The van der Waals surface area contributed by atoms with E-state index in [0.717, 1.165) is 0 Å². The number of hydrogen-bond donors (Lipinski definition) is 1. The van der Waals surface area contributed by atoms with Gasteiger partial charge < -0.3 is 24.4 Å². The third-order valence-corrected chi connectivity index (χ3v) is 4.75. The number of imide groups is 1. The number of benzene rings is 1. The summed E-state index contributed by atoms with van der Waals surface area (Å²) in [5.41, 5.74) is -2.20. The number of nitrogens with zero attached hydrogens (tertiary/aromatic N) is 3. The van der Waals surface area contributed by atoms with Gasteiger partial charge in [-0.3, -0.25) is 4.79 Å². The molecule has 0 bridgehead atoms. The van der Waals surface area contributed by atoms with Crippen LogP contribution in [0.1, 0.15) is 78.2 Å². The fraction of sp³-hybridized carbons (Fsp3) is 0.593. The number of ether oxygens (including phenoxy) is 3. The van der Waals surface area contributed by atoms with Crippen LogP contribution in [0.3, 0.4) is 0 Å². The quantitative estimate of drug-likeness (QED) is 0.333. The molecule has 11 heteroatoms. The number of carbonyl (C=O) groups is 4. The van der Waals surface area contributed by atoms with Crippen LogP contribution >= 0.6 is 0 Å². The third-order valence-electron chi connectivity index (χ3n) is 4.75. The second-order valence-corrected chi connectivity index (χ2v) is 11.8. The molecule has 1 aliphatic rings. The van der Waals surface area contributed by atoms with Gasteiger partial charge in [0.05, 0.1) is 0 Å². The van der Waals surface area contributed by atoms with E-state index < -0.39 is 35.1 Å². The van der Waals surface area contributed by atoms with Crippen LogP contribution in [0.4, 0.5) is 14.4 Å². The van der Waals surface area contributed by atoms with E-state index in [4.69, 9.17) is 14.2 Å². The van der Waals surface area contributed by atoms with Gasteiger partial charge in [-0.2, -0.15) is 9.89 Å². The highest BCUT2D eigenvalue weighted by Crippen LogP contribution is 2.20. The number of carbonyl (C=O) groups excluding carboxylic acids is 4. The Morgan fingerprint density at radius 2 is 1.16 bits per heavy atom. The normalized spacial score (nSPS) is 15.0. The minimum Gasteiger partial charge on any atom is -0.443 e. The summed E-state index contributed by atoms with van der Waals surface area (Å²) in [5, 5.41) is 3.20. The van der Waals surface area contributed by atoms with Crippen molar-refractivity contribution in [1.82, 2.24) is 15.1 Å². The Hall–Kier alpha value is -3.47. The molecular weight excluding hydrogens is 492 g/mol. The third kappa shape index (κ3) is 9.77. The van der Waals surface area contributed by atoms with Gasteiger partial charge in [0.1, 0.15) is 16.8 Å². The molecule has 38 heavy (non-hydrogen) atoms. The molecule has 0 spiro atoms. The van der Waals surface area contributed by atoms with Gasteiger partial charge in [-0.1, -0.05) is 12.1 Å². The molecule has 0 unspecified atom stereocenters. The van der Waals surface area contributed by atoms with Crippen molar-refractivity contribution in [3.8, 4) is 0 Å². The van der Waals surface area contributed by atoms with Crippen molar-refractivity contribution in [2.75, 3.05) is 26.2 Å². The summed E-state index contributed by atoms with van der Waals surface area (Å²) in [5.74, 6) is -0.510. The number of amides is 4. The predicted octanol–water partition coefficient (Wildman–Crippen LogP) is 4.59. The molecule has 1 saturated heterocycles. The average Bonchev–Trinajstić information content (AvgIpc) is 2.75. The summed E-state index contributed by atoms with van der Waals surface area (Å²) in [6.07, 6.45) is -3.20. The minimum absolute atomic E-state index is 0.153. The Labute approximate surface area is 224 Å². The van der Waals surface area contributed by atoms with Gasteiger partial charge in [-0.25, -0.2) is 14.4 Å². The van der Waals surface area contributed by atoms with E-state index in [1.165, 1.54) is 12.1 Å². The van der Waals surface area contributed by atoms with Crippen LogP contribution in [0.2, 0.25) is 0 Å². The monoisotopic (exact) mass is 532 g/mol. The van der Waals surface area contributed by atoms with E-state index in [-0.39, 0.29) is 17.3 Å². The van der Waals surface area contributed by atoms with Crippen LogP contribution in [-0.2, 0) is 14.2 Å². The molecular formula is C27H40N4O7. The first-order valence-corrected chi connectivity index (χ1v) is 12.5. The maximum atomic E-state index is 13.3. The minimum atomic E-state index is -1.09. The summed E-state index contributed by atoms with van der Waals surface area (Å²) in [7, 11) is 0. The number of amidine groups is 1. The van der Waals surface area contributed by atoms with Crippen LogP contribution in [0.5, 0.6) is 0 Å². The molecule has 0 saturated carbocycles. The van der Waals surface area contributed by atoms with Gasteiger partial charge in [0, 0.05) is 37.3 Å². The Balaban J connectivity index is 2.57. The standard InChI is InChI=1S/C27H40N4O7/c1-25(2,3)36-22(33)29-20(31(23(34)37-26(4,5)6)24(35)38-27(7,8)9)18-10-12-19(13-11-18)21(32)30-16-14-28-15-17-30/h10-13,28H,14-17H2,1-9H3/b29-20+. The lowest BCUT2D eigenvalue weighted by Crippen LogP contribution is -2.47. The second-order valence-electron chi connectivity index (χ2n) is 11.8. The van der Waals surface area contributed by atoms with E-state index in [1.54, 1.807) is 79.3 Å². The first-order valence-electron chi connectivity index (χ1n) is 12.5. The molecule has 0 radical (unpaired) electrons. The van der Waals surface area contributed by atoms with Gasteiger partial charge in [-0.15, -0.1) is 0 Å². The topological polar surface area (TPSA) is 127 Å². The molecule has 2 rings (SSSR count). The highest BCUT2D eigenvalue weighted by atomic mass is 16.6. The summed E-state index contributed by atoms with van der Waals surface area (Å²) in [4.78, 5) is 58.4. The average molecular weight is 533 g/mol. The lowest BCUT2D eigenvalue weighted by atomic mass is 10.1. The summed E-state index contributed by atoms with van der Waals surface area (Å²) in [6, 6.07) is 6.10. The van der Waals surface area contributed by atoms with Crippen molar-refractivity contribution in [1.29, 1.82) is 0 Å². The number of nitrogens with one attached hydrogen (secondary N) is 1. The van der Waals surface area contributed by atoms with Crippen molar-refractivity contribution >= 4 is 30.0 Å². The lowest BCUT2D eigenvalue weighted by molar-refractivity contribution is 0.0148. The van der Waals surface area contributed by atoms with Crippen LogP contribution in [0.15, 0.2) is 29.3 Å². The maximum absolute atomic E-state index is 13.3. The molecule has 11 nitrogen and oxygen atoms in total. The van der Waals surface area contributed by atoms with Crippen LogP contribution in [-0.4, -0.2) is 82.8 Å². The fourth-order valence-corrected chi connectivity index (χ4v) is 3.29.